The second-order valence-electron chi connectivity index (χ2n) is 3.09. The van der Waals surface area contributed by atoms with Gasteiger partial charge in [0.15, 0.2) is 12.1 Å². The van der Waals surface area contributed by atoms with E-state index in [1.165, 1.54) is 24.5 Å². The van der Waals surface area contributed by atoms with E-state index in [1.807, 2.05) is 0 Å². The van der Waals surface area contributed by atoms with Crippen molar-refractivity contribution in [2.45, 2.75) is 0 Å². The van der Waals surface area contributed by atoms with E-state index in [0.29, 0.717) is 23.1 Å². The minimum absolute atomic E-state index is 0.358. The van der Waals surface area contributed by atoms with Gasteiger partial charge >= 0.3 is 0 Å². The summed E-state index contributed by atoms with van der Waals surface area (Å²) < 4.78 is 25.5. The highest BCUT2D eigenvalue weighted by Gasteiger charge is 2.06. The molecule has 0 saturated carbocycles. The van der Waals surface area contributed by atoms with Crippen LogP contribution in [0.3, 0.4) is 0 Å². The summed E-state index contributed by atoms with van der Waals surface area (Å²) in [6.07, 6.45) is 3.19. The lowest BCUT2D eigenvalue weighted by molar-refractivity contribution is 0.112. The summed E-state index contributed by atoms with van der Waals surface area (Å²) in [7, 11) is 0. The first kappa shape index (κ1) is 10.4. The van der Waals surface area contributed by atoms with Crippen LogP contribution in [0.5, 0.6) is 0 Å². The SMILES string of the molecule is O=Cc1ccc(-c2cnc(F)c(F)c2)nc1. The lowest BCUT2D eigenvalue weighted by Gasteiger charge is -2.00. The molecule has 0 saturated heterocycles. The van der Waals surface area contributed by atoms with E-state index in [9.17, 15) is 13.6 Å². The molecule has 80 valence electrons. The number of hydrogen-bond acceptors (Lipinski definition) is 3. The standard InChI is InChI=1S/C11H6F2N2O/c12-9-3-8(5-15-11(9)13)10-2-1-7(6-16)4-14-10/h1-6H. The molecule has 0 aromatic carbocycles. The molecule has 0 spiro atoms. The van der Waals surface area contributed by atoms with Crippen LogP contribution in [-0.2, 0) is 0 Å². The van der Waals surface area contributed by atoms with E-state index >= 15 is 0 Å². The van der Waals surface area contributed by atoms with Crippen molar-refractivity contribution in [3.05, 3.63) is 47.9 Å². The Bertz CT molecular complexity index is 526. The van der Waals surface area contributed by atoms with Crippen molar-refractivity contribution >= 4 is 6.29 Å². The van der Waals surface area contributed by atoms with Gasteiger partial charge in [0.2, 0.25) is 5.95 Å². The molecule has 16 heavy (non-hydrogen) atoms. The average molecular weight is 220 g/mol. The molecule has 0 atom stereocenters. The van der Waals surface area contributed by atoms with Crippen molar-refractivity contribution in [1.29, 1.82) is 0 Å². The first-order valence-corrected chi connectivity index (χ1v) is 4.43. The summed E-state index contributed by atoms with van der Waals surface area (Å²) >= 11 is 0. The zero-order valence-corrected chi connectivity index (χ0v) is 8.02. The molecule has 5 heteroatoms. The van der Waals surface area contributed by atoms with Crippen LogP contribution in [0.4, 0.5) is 8.78 Å². The largest absolute Gasteiger partial charge is 0.298 e. The molecule has 2 aromatic rings. The van der Waals surface area contributed by atoms with Crippen LogP contribution in [0.15, 0.2) is 30.6 Å². The molecular formula is C11H6F2N2O. The maximum atomic E-state index is 12.9. The van der Waals surface area contributed by atoms with E-state index in [-0.39, 0.29) is 0 Å². The molecule has 2 aromatic heterocycles. The highest BCUT2D eigenvalue weighted by Crippen LogP contribution is 2.17. The van der Waals surface area contributed by atoms with Gasteiger partial charge in [-0.05, 0) is 18.2 Å². The second kappa shape index (κ2) is 4.14. The van der Waals surface area contributed by atoms with Gasteiger partial charge in [-0.2, -0.15) is 4.39 Å². The van der Waals surface area contributed by atoms with Crippen molar-refractivity contribution in [1.82, 2.24) is 9.97 Å². The zero-order chi connectivity index (χ0) is 11.5. The smallest absolute Gasteiger partial charge is 0.248 e. The number of aromatic nitrogens is 2. The van der Waals surface area contributed by atoms with Crippen LogP contribution in [0.25, 0.3) is 11.3 Å². The third-order valence-electron chi connectivity index (χ3n) is 2.01. The highest BCUT2D eigenvalue weighted by atomic mass is 19.2. The van der Waals surface area contributed by atoms with Gasteiger partial charge in [0, 0.05) is 23.5 Å². The van der Waals surface area contributed by atoms with Crippen molar-refractivity contribution in [2.75, 3.05) is 0 Å². The molecule has 0 bridgehead atoms. The second-order valence-corrected chi connectivity index (χ2v) is 3.09. The third-order valence-corrected chi connectivity index (χ3v) is 2.01. The number of pyridine rings is 2. The molecule has 0 unspecified atom stereocenters. The van der Waals surface area contributed by atoms with Gasteiger partial charge < -0.3 is 0 Å². The minimum Gasteiger partial charge on any atom is -0.298 e. The van der Waals surface area contributed by atoms with Crippen LogP contribution < -0.4 is 0 Å². The molecule has 2 rings (SSSR count). The molecule has 0 aliphatic heterocycles. The molecule has 0 aliphatic carbocycles. The van der Waals surface area contributed by atoms with E-state index in [4.69, 9.17) is 0 Å². The summed E-state index contributed by atoms with van der Waals surface area (Å²) in [5.41, 5.74) is 1.20. The quantitative estimate of drug-likeness (QED) is 0.575. The molecule has 0 amide bonds. The van der Waals surface area contributed by atoms with Gasteiger partial charge in [0.05, 0.1) is 5.69 Å². The zero-order valence-electron chi connectivity index (χ0n) is 8.02. The van der Waals surface area contributed by atoms with E-state index in [0.717, 1.165) is 6.07 Å². The normalized spacial score (nSPS) is 10.1. The summed E-state index contributed by atoms with van der Waals surface area (Å²) in [6.45, 7) is 0. The highest BCUT2D eigenvalue weighted by molar-refractivity contribution is 5.75. The Morgan fingerprint density at radius 1 is 1.12 bits per heavy atom. The van der Waals surface area contributed by atoms with Crippen LogP contribution >= 0.6 is 0 Å². The Morgan fingerprint density at radius 2 is 1.94 bits per heavy atom. The van der Waals surface area contributed by atoms with E-state index in [1.54, 1.807) is 0 Å². The number of nitrogens with zero attached hydrogens (tertiary/aromatic N) is 2. The molecule has 2 heterocycles. The monoisotopic (exact) mass is 220 g/mol. The maximum Gasteiger partial charge on any atom is 0.248 e. The summed E-state index contributed by atoms with van der Waals surface area (Å²) in [5, 5.41) is 0. The van der Waals surface area contributed by atoms with Gasteiger partial charge in [0.1, 0.15) is 0 Å². The number of halogens is 2. The lowest BCUT2D eigenvalue weighted by Crippen LogP contribution is -1.92. The predicted octanol–water partition coefficient (Wildman–Crippen LogP) is 2.23. The Labute approximate surface area is 89.8 Å². The molecule has 0 fully saturated rings. The third kappa shape index (κ3) is 1.93. The molecule has 0 N–H and O–H groups in total. The summed E-state index contributed by atoms with van der Waals surface area (Å²) in [5.74, 6) is -2.17. The average Bonchev–Trinajstić information content (AvgIpc) is 2.33. The first-order chi connectivity index (χ1) is 7.70. The Kier molecular flexibility index (Phi) is 2.68. The van der Waals surface area contributed by atoms with Gasteiger partial charge in [-0.1, -0.05) is 0 Å². The number of hydrogen-bond donors (Lipinski definition) is 0. The fourth-order valence-electron chi connectivity index (χ4n) is 1.21. The minimum atomic E-state index is -1.15. The van der Waals surface area contributed by atoms with Crippen molar-refractivity contribution in [3.8, 4) is 11.3 Å². The van der Waals surface area contributed by atoms with Crippen LogP contribution in [-0.4, -0.2) is 16.3 Å². The first-order valence-electron chi connectivity index (χ1n) is 4.43. The van der Waals surface area contributed by atoms with Crippen LogP contribution in [0.1, 0.15) is 10.4 Å². The van der Waals surface area contributed by atoms with Crippen molar-refractivity contribution < 1.29 is 13.6 Å². The van der Waals surface area contributed by atoms with E-state index < -0.39 is 11.8 Å². The van der Waals surface area contributed by atoms with Crippen LogP contribution in [0.2, 0.25) is 0 Å². The Morgan fingerprint density at radius 3 is 2.50 bits per heavy atom. The molecular weight excluding hydrogens is 214 g/mol. The van der Waals surface area contributed by atoms with Gasteiger partial charge in [0.25, 0.3) is 0 Å². The number of rotatable bonds is 2. The molecule has 0 radical (unpaired) electrons. The van der Waals surface area contributed by atoms with Crippen LogP contribution in [0, 0.1) is 11.8 Å². The fourth-order valence-corrected chi connectivity index (χ4v) is 1.21. The predicted molar refractivity (Wildman–Crippen MR) is 52.8 cm³/mol. The van der Waals surface area contributed by atoms with Gasteiger partial charge in [-0.3, -0.25) is 9.78 Å². The lowest BCUT2D eigenvalue weighted by atomic mass is 10.1. The van der Waals surface area contributed by atoms with E-state index in [2.05, 4.69) is 9.97 Å². The number of carbonyl (C=O) groups excluding carboxylic acids is 1. The maximum absolute atomic E-state index is 12.9. The van der Waals surface area contributed by atoms with Crippen molar-refractivity contribution in [3.63, 3.8) is 0 Å². The summed E-state index contributed by atoms with van der Waals surface area (Å²) in [6, 6.07) is 4.08. The van der Waals surface area contributed by atoms with Gasteiger partial charge in [-0.15, -0.1) is 0 Å². The molecule has 3 nitrogen and oxygen atoms in total. The Balaban J connectivity index is 2.42. The Hall–Kier alpha value is -2.17. The van der Waals surface area contributed by atoms with Crippen molar-refractivity contribution in [2.24, 2.45) is 0 Å². The van der Waals surface area contributed by atoms with Gasteiger partial charge in [-0.25, -0.2) is 9.37 Å². The number of carbonyl (C=O) groups is 1. The fraction of sp³-hybridized carbons (Fsp3) is 0. The number of aldehydes is 1. The molecule has 0 aliphatic rings. The summed E-state index contributed by atoms with van der Waals surface area (Å²) in [4.78, 5) is 17.6. The topological polar surface area (TPSA) is 42.9 Å².